The van der Waals surface area contributed by atoms with Crippen molar-refractivity contribution >= 4 is 23.6 Å². The lowest BCUT2D eigenvalue weighted by Crippen LogP contribution is -2.62. The number of aliphatic hydroxyl groups excluding tert-OH is 3. The number of carbonyl (C=O) groups is 2. The maximum atomic E-state index is 11.7. The standard InChI is InChI=1S/C15H19N3O7/c1-8(20)16-11-13(22)12(21)10(7-19)24-14(11)18-25-15(23)17-9-5-3-2-4-6-9/h2-6,10-13,19,21-22H,7H2,1H3,(H,16,20)(H,17,23)/t10?,11?,12-,13?/m1/s1. The van der Waals surface area contributed by atoms with Crippen molar-refractivity contribution in [1.82, 2.24) is 5.32 Å². The van der Waals surface area contributed by atoms with E-state index in [-0.39, 0.29) is 5.90 Å². The molecule has 2 amide bonds. The minimum Gasteiger partial charge on any atom is -0.468 e. The lowest BCUT2D eigenvalue weighted by atomic mass is 9.97. The molecule has 10 nitrogen and oxygen atoms in total. The van der Waals surface area contributed by atoms with E-state index in [4.69, 9.17) is 4.74 Å². The number of amides is 2. The van der Waals surface area contributed by atoms with Crippen LogP contribution in [-0.4, -0.2) is 64.2 Å². The molecule has 0 radical (unpaired) electrons. The Morgan fingerprint density at radius 1 is 1.24 bits per heavy atom. The van der Waals surface area contributed by atoms with Crippen molar-refractivity contribution in [3.05, 3.63) is 30.3 Å². The van der Waals surface area contributed by atoms with Gasteiger partial charge in [-0.1, -0.05) is 18.2 Å². The largest absolute Gasteiger partial charge is 0.468 e. The first-order chi connectivity index (χ1) is 11.9. The molecule has 4 atom stereocenters. The highest BCUT2D eigenvalue weighted by Gasteiger charge is 2.44. The Hall–Kier alpha value is -2.69. The van der Waals surface area contributed by atoms with Crippen LogP contribution >= 0.6 is 0 Å². The summed E-state index contributed by atoms with van der Waals surface area (Å²) < 4.78 is 5.20. The number of nitrogens with one attached hydrogen (secondary N) is 2. The average molecular weight is 353 g/mol. The monoisotopic (exact) mass is 353 g/mol. The van der Waals surface area contributed by atoms with E-state index >= 15 is 0 Å². The Morgan fingerprint density at radius 2 is 1.92 bits per heavy atom. The fraction of sp³-hybridized carbons (Fsp3) is 0.400. The number of benzene rings is 1. The van der Waals surface area contributed by atoms with Crippen molar-refractivity contribution < 1.29 is 34.5 Å². The Bertz CT molecular complexity index is 637. The van der Waals surface area contributed by atoms with Crippen LogP contribution in [0.5, 0.6) is 0 Å². The van der Waals surface area contributed by atoms with Crippen molar-refractivity contribution in [2.45, 2.75) is 31.3 Å². The number of carbonyl (C=O) groups excluding carboxylic acids is 2. The Labute approximate surface area is 143 Å². The summed E-state index contributed by atoms with van der Waals surface area (Å²) in [7, 11) is 0. The van der Waals surface area contributed by atoms with Gasteiger partial charge in [-0.2, -0.15) is 0 Å². The number of para-hydroxylation sites is 1. The molecule has 136 valence electrons. The Balaban J connectivity index is 2.09. The van der Waals surface area contributed by atoms with E-state index in [1.807, 2.05) is 0 Å². The smallest absolute Gasteiger partial charge is 0.437 e. The van der Waals surface area contributed by atoms with Crippen LogP contribution in [0.2, 0.25) is 0 Å². The molecule has 1 saturated heterocycles. The van der Waals surface area contributed by atoms with Crippen LogP contribution in [0.1, 0.15) is 6.92 Å². The quantitative estimate of drug-likeness (QED) is 0.350. The molecule has 1 aromatic carbocycles. The van der Waals surface area contributed by atoms with Gasteiger partial charge in [-0.05, 0) is 17.3 Å². The molecule has 1 aliphatic rings. The molecule has 3 unspecified atom stereocenters. The molecule has 1 heterocycles. The lowest BCUT2D eigenvalue weighted by Gasteiger charge is -2.37. The summed E-state index contributed by atoms with van der Waals surface area (Å²) in [5.74, 6) is -0.876. The second-order valence-corrected chi connectivity index (χ2v) is 5.30. The zero-order chi connectivity index (χ0) is 18.4. The maximum Gasteiger partial charge on any atom is 0.437 e. The van der Waals surface area contributed by atoms with Crippen LogP contribution in [0.3, 0.4) is 0 Å². The summed E-state index contributed by atoms with van der Waals surface area (Å²) >= 11 is 0. The molecule has 1 aliphatic heterocycles. The number of aliphatic hydroxyl groups is 3. The fourth-order valence-corrected chi connectivity index (χ4v) is 2.20. The van der Waals surface area contributed by atoms with Gasteiger partial charge < -0.3 is 25.4 Å². The zero-order valence-corrected chi connectivity index (χ0v) is 13.3. The van der Waals surface area contributed by atoms with E-state index in [9.17, 15) is 24.9 Å². The number of anilines is 1. The highest BCUT2D eigenvalue weighted by molar-refractivity contribution is 5.89. The second-order valence-electron chi connectivity index (χ2n) is 5.30. The van der Waals surface area contributed by atoms with Crippen LogP contribution in [0.15, 0.2) is 35.5 Å². The van der Waals surface area contributed by atoms with Gasteiger partial charge in [0.1, 0.15) is 18.2 Å². The third-order valence-corrected chi connectivity index (χ3v) is 3.39. The third kappa shape index (κ3) is 4.89. The molecule has 2 rings (SSSR count). The van der Waals surface area contributed by atoms with Crippen molar-refractivity contribution in [2.24, 2.45) is 5.16 Å². The lowest BCUT2D eigenvalue weighted by molar-refractivity contribution is -0.126. The molecule has 25 heavy (non-hydrogen) atoms. The van der Waals surface area contributed by atoms with Gasteiger partial charge in [0, 0.05) is 12.6 Å². The summed E-state index contributed by atoms with van der Waals surface area (Å²) in [5, 5.41) is 37.3. The average Bonchev–Trinajstić information content (AvgIpc) is 2.59. The summed E-state index contributed by atoms with van der Waals surface area (Å²) in [4.78, 5) is 27.7. The summed E-state index contributed by atoms with van der Waals surface area (Å²) in [5.41, 5.74) is 0.472. The first kappa shape index (κ1) is 18.6. The molecule has 0 saturated carbocycles. The predicted molar refractivity (Wildman–Crippen MR) is 85.6 cm³/mol. The first-order valence-electron chi connectivity index (χ1n) is 7.44. The summed E-state index contributed by atoms with van der Waals surface area (Å²) in [6, 6.07) is 7.22. The zero-order valence-electron chi connectivity index (χ0n) is 13.3. The predicted octanol–water partition coefficient (Wildman–Crippen LogP) is -0.834. The molecular weight excluding hydrogens is 334 g/mol. The third-order valence-electron chi connectivity index (χ3n) is 3.39. The molecule has 0 aromatic heterocycles. The first-order valence-corrected chi connectivity index (χ1v) is 7.44. The molecule has 0 spiro atoms. The number of hydrogen-bond donors (Lipinski definition) is 5. The van der Waals surface area contributed by atoms with Gasteiger partial charge in [0.15, 0.2) is 6.10 Å². The molecule has 0 bridgehead atoms. The van der Waals surface area contributed by atoms with Gasteiger partial charge in [-0.25, -0.2) is 4.79 Å². The number of ether oxygens (including phenoxy) is 1. The second kappa shape index (κ2) is 8.42. The van der Waals surface area contributed by atoms with Crippen molar-refractivity contribution in [3.63, 3.8) is 0 Å². The minimum absolute atomic E-state index is 0.352. The van der Waals surface area contributed by atoms with Crippen molar-refractivity contribution in [2.75, 3.05) is 11.9 Å². The number of hydrogen-bond acceptors (Lipinski definition) is 8. The van der Waals surface area contributed by atoms with E-state index in [1.54, 1.807) is 30.3 Å². The normalized spacial score (nSPS) is 27.3. The summed E-state index contributed by atoms with van der Waals surface area (Å²) in [6.45, 7) is 0.581. The molecular formula is C15H19N3O7. The summed E-state index contributed by atoms with van der Waals surface area (Å²) in [6.07, 6.45) is -5.07. The van der Waals surface area contributed by atoms with Crippen molar-refractivity contribution in [3.8, 4) is 0 Å². The SMILES string of the molecule is CC(=O)NC1C(=NOC(=O)Nc2ccccc2)OC(CO)[C@@H](O)C1O. The minimum atomic E-state index is -1.51. The van der Waals surface area contributed by atoms with Crippen LogP contribution in [0.4, 0.5) is 10.5 Å². The maximum absolute atomic E-state index is 11.7. The van der Waals surface area contributed by atoms with Gasteiger partial charge >= 0.3 is 6.09 Å². The highest BCUT2D eigenvalue weighted by atomic mass is 16.7. The van der Waals surface area contributed by atoms with Gasteiger partial charge in [0.25, 0.3) is 5.90 Å². The van der Waals surface area contributed by atoms with Crippen LogP contribution in [-0.2, 0) is 14.4 Å². The molecule has 0 aliphatic carbocycles. The molecule has 1 aromatic rings. The van der Waals surface area contributed by atoms with Crippen LogP contribution < -0.4 is 10.6 Å². The van der Waals surface area contributed by atoms with E-state index in [0.29, 0.717) is 5.69 Å². The molecule has 1 fully saturated rings. The topological polar surface area (TPSA) is 150 Å². The van der Waals surface area contributed by atoms with Crippen LogP contribution in [0, 0.1) is 0 Å². The number of rotatable bonds is 4. The van der Waals surface area contributed by atoms with E-state index in [0.717, 1.165) is 0 Å². The van der Waals surface area contributed by atoms with Gasteiger partial charge in [0.2, 0.25) is 5.91 Å². The number of nitrogens with zero attached hydrogens (tertiary/aromatic N) is 1. The van der Waals surface area contributed by atoms with Gasteiger partial charge in [-0.15, -0.1) is 0 Å². The Kier molecular flexibility index (Phi) is 6.28. The highest BCUT2D eigenvalue weighted by Crippen LogP contribution is 2.18. The Morgan fingerprint density at radius 3 is 2.52 bits per heavy atom. The van der Waals surface area contributed by atoms with Gasteiger partial charge in [0.05, 0.1) is 6.61 Å². The van der Waals surface area contributed by atoms with Gasteiger partial charge in [-0.3, -0.25) is 14.9 Å². The van der Waals surface area contributed by atoms with E-state index in [2.05, 4.69) is 20.6 Å². The van der Waals surface area contributed by atoms with Crippen LogP contribution in [0.25, 0.3) is 0 Å². The van der Waals surface area contributed by atoms with E-state index in [1.165, 1.54) is 6.92 Å². The number of oxime groups is 1. The molecule has 5 N–H and O–H groups in total. The van der Waals surface area contributed by atoms with E-state index < -0.39 is 43.0 Å². The van der Waals surface area contributed by atoms with Crippen molar-refractivity contribution in [1.29, 1.82) is 0 Å². The fourth-order valence-electron chi connectivity index (χ4n) is 2.20. The molecule has 10 heteroatoms.